The molecule has 0 atom stereocenters. The Morgan fingerprint density at radius 1 is 1.38 bits per heavy atom. The van der Waals surface area contributed by atoms with Crippen molar-refractivity contribution in [1.82, 2.24) is 9.78 Å². The molecular weight excluding hydrogens is 348 g/mol. The van der Waals surface area contributed by atoms with E-state index in [1.165, 1.54) is 5.69 Å². The van der Waals surface area contributed by atoms with E-state index in [0.29, 0.717) is 4.99 Å². The van der Waals surface area contributed by atoms with Gasteiger partial charge in [0.25, 0.3) is 0 Å². The van der Waals surface area contributed by atoms with Crippen LogP contribution < -0.4 is 11.1 Å². The summed E-state index contributed by atoms with van der Waals surface area (Å²) in [6.07, 6.45) is 1.01. The first-order valence-electron chi connectivity index (χ1n) is 6.81. The SMILES string of the molecule is Cc1cc(C)n(CCCNc2ccc(C(N)=S)cc2Br)n1. The number of hydrogen-bond donors (Lipinski definition) is 2. The molecule has 0 radical (unpaired) electrons. The number of nitrogens with one attached hydrogen (secondary N) is 1. The van der Waals surface area contributed by atoms with Gasteiger partial charge in [0.1, 0.15) is 4.99 Å². The zero-order valence-electron chi connectivity index (χ0n) is 12.2. The molecule has 6 heteroatoms. The van der Waals surface area contributed by atoms with Gasteiger partial charge in [-0.05, 0) is 60.5 Å². The summed E-state index contributed by atoms with van der Waals surface area (Å²) in [6, 6.07) is 7.95. The molecule has 4 nitrogen and oxygen atoms in total. The average molecular weight is 367 g/mol. The molecule has 0 unspecified atom stereocenters. The fourth-order valence-corrected chi connectivity index (χ4v) is 2.81. The van der Waals surface area contributed by atoms with Crippen LogP contribution in [0.2, 0.25) is 0 Å². The molecule has 0 amide bonds. The highest BCUT2D eigenvalue weighted by Crippen LogP contribution is 2.23. The summed E-state index contributed by atoms with van der Waals surface area (Å²) in [5.41, 5.74) is 9.80. The quantitative estimate of drug-likeness (QED) is 0.607. The molecule has 2 aromatic rings. The van der Waals surface area contributed by atoms with Crippen LogP contribution in [-0.2, 0) is 6.54 Å². The Morgan fingerprint density at radius 3 is 2.71 bits per heavy atom. The molecule has 0 saturated carbocycles. The summed E-state index contributed by atoms with van der Waals surface area (Å²) in [5.74, 6) is 0. The number of rotatable bonds is 6. The van der Waals surface area contributed by atoms with E-state index in [1.807, 2.05) is 29.8 Å². The highest BCUT2D eigenvalue weighted by molar-refractivity contribution is 9.10. The molecule has 1 aromatic heterocycles. The highest BCUT2D eigenvalue weighted by atomic mass is 79.9. The Bertz CT molecular complexity index is 651. The lowest BCUT2D eigenvalue weighted by Gasteiger charge is -2.10. The maximum atomic E-state index is 5.62. The van der Waals surface area contributed by atoms with Gasteiger partial charge >= 0.3 is 0 Å². The number of nitrogens with two attached hydrogens (primary N) is 1. The zero-order chi connectivity index (χ0) is 15.4. The fraction of sp³-hybridized carbons (Fsp3) is 0.333. The maximum Gasteiger partial charge on any atom is 0.104 e. The van der Waals surface area contributed by atoms with Gasteiger partial charge in [0.05, 0.1) is 5.69 Å². The minimum atomic E-state index is 0.409. The Kier molecular flexibility index (Phi) is 5.36. The third-order valence-electron chi connectivity index (χ3n) is 3.22. The largest absolute Gasteiger partial charge is 0.389 e. The average Bonchev–Trinajstić information content (AvgIpc) is 2.74. The molecule has 21 heavy (non-hydrogen) atoms. The van der Waals surface area contributed by atoms with Crippen LogP contribution in [0, 0.1) is 13.8 Å². The van der Waals surface area contributed by atoms with Gasteiger partial charge < -0.3 is 11.1 Å². The second kappa shape index (κ2) is 7.04. The summed E-state index contributed by atoms with van der Waals surface area (Å²) < 4.78 is 3.01. The molecule has 0 aliphatic carbocycles. The molecule has 3 N–H and O–H groups in total. The van der Waals surface area contributed by atoms with Crippen LogP contribution in [-0.4, -0.2) is 21.3 Å². The Hall–Kier alpha value is -1.40. The summed E-state index contributed by atoms with van der Waals surface area (Å²) in [6.45, 7) is 5.89. The van der Waals surface area contributed by atoms with Crippen LogP contribution in [0.1, 0.15) is 23.4 Å². The molecular formula is C15H19BrN4S. The standard InChI is InChI=1S/C15H19BrN4S/c1-10-8-11(2)20(19-10)7-3-6-18-14-5-4-12(15(17)21)9-13(14)16/h4-5,8-9,18H,3,6-7H2,1-2H3,(H2,17,21). The molecule has 0 fully saturated rings. The molecule has 1 aromatic carbocycles. The van der Waals surface area contributed by atoms with Crippen molar-refractivity contribution in [3.05, 3.63) is 45.7 Å². The van der Waals surface area contributed by atoms with Crippen LogP contribution in [0.25, 0.3) is 0 Å². The van der Waals surface area contributed by atoms with E-state index in [0.717, 1.165) is 40.9 Å². The highest BCUT2D eigenvalue weighted by Gasteiger charge is 2.04. The van der Waals surface area contributed by atoms with Crippen molar-refractivity contribution >= 4 is 38.8 Å². The molecule has 1 heterocycles. The van der Waals surface area contributed by atoms with Gasteiger partial charge in [0, 0.05) is 34.5 Å². The van der Waals surface area contributed by atoms with Crippen molar-refractivity contribution in [2.75, 3.05) is 11.9 Å². The Labute approximate surface area is 138 Å². The number of aryl methyl sites for hydroxylation is 3. The Balaban J connectivity index is 1.86. The van der Waals surface area contributed by atoms with Crippen LogP contribution in [0.5, 0.6) is 0 Å². The van der Waals surface area contributed by atoms with Crippen molar-refractivity contribution in [2.24, 2.45) is 5.73 Å². The van der Waals surface area contributed by atoms with Crippen LogP contribution in [0.15, 0.2) is 28.7 Å². The minimum absolute atomic E-state index is 0.409. The molecule has 112 valence electrons. The number of anilines is 1. The minimum Gasteiger partial charge on any atom is -0.389 e. The van der Waals surface area contributed by atoms with E-state index in [1.54, 1.807) is 0 Å². The topological polar surface area (TPSA) is 55.9 Å². The summed E-state index contributed by atoms with van der Waals surface area (Å²) >= 11 is 8.50. The van der Waals surface area contributed by atoms with E-state index in [2.05, 4.69) is 39.3 Å². The molecule has 0 saturated heterocycles. The fourth-order valence-electron chi connectivity index (χ4n) is 2.16. The van der Waals surface area contributed by atoms with Crippen molar-refractivity contribution < 1.29 is 0 Å². The van der Waals surface area contributed by atoms with Crippen LogP contribution in [0.4, 0.5) is 5.69 Å². The van der Waals surface area contributed by atoms with E-state index < -0.39 is 0 Å². The maximum absolute atomic E-state index is 5.62. The number of aromatic nitrogens is 2. The van der Waals surface area contributed by atoms with Crippen LogP contribution in [0.3, 0.4) is 0 Å². The molecule has 0 aliphatic heterocycles. The van der Waals surface area contributed by atoms with Crippen molar-refractivity contribution in [1.29, 1.82) is 0 Å². The van der Waals surface area contributed by atoms with Gasteiger partial charge in [-0.15, -0.1) is 0 Å². The van der Waals surface area contributed by atoms with Crippen molar-refractivity contribution in [3.63, 3.8) is 0 Å². The first-order chi connectivity index (χ1) is 9.97. The Morgan fingerprint density at radius 2 is 2.14 bits per heavy atom. The first-order valence-corrected chi connectivity index (χ1v) is 8.02. The third-order valence-corrected chi connectivity index (χ3v) is 4.11. The number of nitrogens with zero attached hydrogens (tertiary/aromatic N) is 2. The number of hydrogen-bond acceptors (Lipinski definition) is 3. The second-order valence-corrected chi connectivity index (χ2v) is 6.28. The second-order valence-electron chi connectivity index (χ2n) is 4.99. The molecule has 2 rings (SSSR count). The molecule has 0 bridgehead atoms. The van der Waals surface area contributed by atoms with Gasteiger partial charge in [0.2, 0.25) is 0 Å². The normalized spacial score (nSPS) is 10.6. The first kappa shape index (κ1) is 16.0. The molecule has 0 aliphatic rings. The predicted octanol–water partition coefficient (Wildman–Crippen LogP) is 3.40. The van der Waals surface area contributed by atoms with Crippen molar-refractivity contribution in [2.45, 2.75) is 26.8 Å². The lowest BCUT2D eigenvalue weighted by molar-refractivity contribution is 0.573. The lowest BCUT2D eigenvalue weighted by atomic mass is 10.2. The van der Waals surface area contributed by atoms with Gasteiger partial charge in [-0.1, -0.05) is 12.2 Å². The monoisotopic (exact) mass is 366 g/mol. The van der Waals surface area contributed by atoms with Gasteiger partial charge in [-0.2, -0.15) is 5.10 Å². The molecule has 0 spiro atoms. The van der Waals surface area contributed by atoms with E-state index in [-0.39, 0.29) is 0 Å². The number of halogens is 1. The summed E-state index contributed by atoms with van der Waals surface area (Å²) in [7, 11) is 0. The number of thiocarbonyl (C=S) groups is 1. The smallest absolute Gasteiger partial charge is 0.104 e. The van der Waals surface area contributed by atoms with Gasteiger partial charge in [0.15, 0.2) is 0 Å². The third kappa shape index (κ3) is 4.28. The summed E-state index contributed by atoms with van der Waals surface area (Å²) in [5, 5.41) is 7.86. The van der Waals surface area contributed by atoms with Crippen molar-refractivity contribution in [3.8, 4) is 0 Å². The van der Waals surface area contributed by atoms with Crippen LogP contribution >= 0.6 is 28.1 Å². The number of benzene rings is 1. The van der Waals surface area contributed by atoms with E-state index >= 15 is 0 Å². The van der Waals surface area contributed by atoms with Gasteiger partial charge in [-0.3, -0.25) is 4.68 Å². The van der Waals surface area contributed by atoms with E-state index in [4.69, 9.17) is 18.0 Å². The van der Waals surface area contributed by atoms with Gasteiger partial charge in [-0.25, -0.2) is 0 Å². The summed E-state index contributed by atoms with van der Waals surface area (Å²) in [4.78, 5) is 0.409. The predicted molar refractivity (Wildman–Crippen MR) is 94.8 cm³/mol. The zero-order valence-corrected chi connectivity index (χ0v) is 14.6. The lowest BCUT2D eigenvalue weighted by Crippen LogP contribution is -2.11. The van der Waals surface area contributed by atoms with E-state index in [9.17, 15) is 0 Å².